The Morgan fingerprint density at radius 2 is 0.281 bits per heavy atom. The third-order valence-electron chi connectivity index (χ3n) is 12.7. The van der Waals surface area contributed by atoms with E-state index in [-0.39, 0.29) is 0 Å². The Morgan fingerprint density at radius 3 is 0.365 bits per heavy atom. The summed E-state index contributed by atoms with van der Waals surface area (Å²) in [6, 6.07) is 67.2. The van der Waals surface area contributed by atoms with Gasteiger partial charge in [-0.2, -0.15) is 36.5 Å². The summed E-state index contributed by atoms with van der Waals surface area (Å²) in [5.41, 5.74) is 27.4. The molecule has 32 heteroatoms. The molecule has 16 aromatic rings. The number of para-hydroxylation sites is 8. The maximum Gasteiger partial charge on any atom is 0.225 e. The molecular weight excluding hydrogens is 1380 g/mol. The highest BCUT2D eigenvalue weighted by molar-refractivity contribution is 7.18. The Bertz CT molecular complexity index is 3950. The van der Waals surface area contributed by atoms with Crippen LogP contribution in [0.5, 0.6) is 0 Å². The third-order valence-corrected chi connectivity index (χ3v) is 20.8. The lowest BCUT2D eigenvalue weighted by molar-refractivity contribution is -0.640. The van der Waals surface area contributed by atoms with Gasteiger partial charge in [0.05, 0.1) is 0 Å². The van der Waals surface area contributed by atoms with Crippen LogP contribution in [0.1, 0.15) is 0 Å². The number of rotatable bonds is 0. The fraction of sp³-hybridized carbons (Fsp3) is 0.125. The van der Waals surface area contributed by atoms with Gasteiger partial charge in [-0.1, -0.05) is 188 Å². The SMILES string of the molecule is C[n+]1csc2ccccc21.C[n+]1csc2ccccc21.C[n+]1csc2ccccc21.C[n+]1csc2ccccc21.C[n+]1csc2ccccc21.C[n+]1csc2ccccc21.C[n+]1csc2ccccc21.C[n+]1csc2ccccc21.[O-]B([O-])F.[O-]B([O-])F.[O-]B([O-])F.[O-]B([O-])F. The van der Waals surface area contributed by atoms with E-state index in [4.69, 9.17) is 40.2 Å². The van der Waals surface area contributed by atoms with E-state index in [0.717, 1.165) is 0 Å². The summed E-state index contributed by atoms with van der Waals surface area (Å²) >= 11 is 14.2. The molecule has 0 N–H and O–H groups in total. The van der Waals surface area contributed by atoms with Crippen LogP contribution in [0.2, 0.25) is 0 Å². The number of nitrogens with zero attached hydrogens (tertiary/aromatic N) is 8. The molecule has 0 unspecified atom stereocenters. The second-order valence-corrected chi connectivity index (χ2v) is 26.6. The van der Waals surface area contributed by atoms with E-state index in [1.807, 2.05) is 0 Å². The fourth-order valence-electron chi connectivity index (χ4n) is 8.33. The van der Waals surface area contributed by atoms with Crippen LogP contribution in [0.3, 0.4) is 0 Å². The molecule has 0 aliphatic rings. The molecule has 0 aliphatic heterocycles. The van der Waals surface area contributed by atoms with Gasteiger partial charge in [0.2, 0.25) is 88.2 Å². The molecule has 0 aliphatic carbocycles. The molecule has 8 aromatic carbocycles. The fourth-order valence-corrected chi connectivity index (χ4v) is 15.3. The molecule has 0 radical (unpaired) electrons. The lowest BCUT2D eigenvalue weighted by atomic mass is 10.3. The van der Waals surface area contributed by atoms with Crippen molar-refractivity contribution < 1.29 is 94.0 Å². The van der Waals surface area contributed by atoms with Gasteiger partial charge in [0.25, 0.3) is 0 Å². The first kappa shape index (κ1) is 79.2. The van der Waals surface area contributed by atoms with Crippen molar-refractivity contribution in [1.29, 1.82) is 0 Å². The van der Waals surface area contributed by atoms with Crippen LogP contribution in [0, 0.1) is 0 Å². The van der Waals surface area contributed by atoms with Crippen LogP contribution < -0.4 is 76.7 Å². The second kappa shape index (κ2) is 42.3. The van der Waals surface area contributed by atoms with E-state index in [2.05, 4.69) is 331 Å². The maximum atomic E-state index is 9.89. The van der Waals surface area contributed by atoms with Crippen molar-refractivity contribution in [2.24, 2.45) is 56.4 Å². The zero-order valence-electron chi connectivity index (χ0n) is 53.0. The monoisotopic (exact) mass is 1450 g/mol. The molecule has 16 rings (SSSR count). The largest absolute Gasteiger partial charge is 0.867 e. The van der Waals surface area contributed by atoms with Crippen molar-refractivity contribution in [1.82, 2.24) is 0 Å². The highest BCUT2D eigenvalue weighted by Crippen LogP contribution is 2.19. The molecule has 8 heterocycles. The molecule has 0 fully saturated rings. The van der Waals surface area contributed by atoms with Crippen molar-refractivity contribution in [3.63, 3.8) is 0 Å². The number of benzene rings is 8. The minimum atomic E-state index is -3.17. The van der Waals surface area contributed by atoms with Gasteiger partial charge in [0.15, 0.2) is 0 Å². The van der Waals surface area contributed by atoms with Gasteiger partial charge >= 0.3 is 0 Å². The van der Waals surface area contributed by atoms with Gasteiger partial charge in [-0.05, 0) is 48.5 Å². The molecule has 0 saturated carbocycles. The Labute approximate surface area is 586 Å². The highest BCUT2D eigenvalue weighted by atomic mass is 32.1. The lowest BCUT2D eigenvalue weighted by Gasteiger charge is -2.09. The molecule has 0 amide bonds. The zero-order valence-corrected chi connectivity index (χ0v) is 59.6. The molecule has 0 atom stereocenters. The minimum absolute atomic E-state index is 1.31. The van der Waals surface area contributed by atoms with Gasteiger partial charge in [0, 0.05) is 48.5 Å². The minimum Gasteiger partial charge on any atom is -0.867 e. The molecule has 96 heavy (non-hydrogen) atoms. The van der Waals surface area contributed by atoms with E-state index in [1.165, 1.54) is 81.7 Å². The smallest absolute Gasteiger partial charge is 0.225 e. The number of hydrogen-bond donors (Lipinski definition) is 0. The van der Waals surface area contributed by atoms with Crippen LogP contribution in [0.15, 0.2) is 238 Å². The van der Waals surface area contributed by atoms with Gasteiger partial charge in [-0.3, -0.25) is 0 Å². The van der Waals surface area contributed by atoms with Gasteiger partial charge in [-0.25, -0.2) is 0 Å². The Balaban J connectivity index is 0.000000192. The average molecular weight is 1450 g/mol. The van der Waals surface area contributed by atoms with Crippen LogP contribution >= 0.6 is 90.7 Å². The van der Waals surface area contributed by atoms with Crippen molar-refractivity contribution in [3.05, 3.63) is 238 Å². The second-order valence-electron chi connectivity index (χ2n) is 19.5. The van der Waals surface area contributed by atoms with Crippen molar-refractivity contribution in [2.45, 2.75) is 0 Å². The van der Waals surface area contributed by atoms with Crippen LogP contribution in [-0.4, -0.2) is 29.6 Å². The summed E-state index contributed by atoms with van der Waals surface area (Å²) in [5.74, 6) is 0. The van der Waals surface area contributed by atoms with Crippen molar-refractivity contribution in [2.75, 3.05) is 0 Å². The van der Waals surface area contributed by atoms with Crippen molar-refractivity contribution >= 4 is 202 Å². The average Bonchev–Trinajstić information content (AvgIpc) is 2.75. The maximum absolute atomic E-state index is 9.89. The van der Waals surface area contributed by atoms with Crippen LogP contribution in [0.25, 0.3) is 81.7 Å². The van der Waals surface area contributed by atoms with E-state index >= 15 is 0 Å². The first-order valence-corrected chi connectivity index (χ1v) is 35.4. The van der Waals surface area contributed by atoms with Crippen LogP contribution in [-0.2, 0) is 56.4 Å². The Morgan fingerprint density at radius 1 is 0.198 bits per heavy atom. The normalized spacial score (nSPS) is 9.88. The summed E-state index contributed by atoms with van der Waals surface area (Å²) < 4.78 is 67.5. The van der Waals surface area contributed by atoms with Crippen LogP contribution in [0.4, 0.5) is 17.3 Å². The summed E-state index contributed by atoms with van der Waals surface area (Å²) in [6.45, 7) is 0. The van der Waals surface area contributed by atoms with E-state index in [1.54, 1.807) is 90.7 Å². The predicted octanol–water partition coefficient (Wildman–Crippen LogP) is 4.45. The van der Waals surface area contributed by atoms with Gasteiger partial charge in [-0.15, -0.1) is 0 Å². The molecule has 496 valence electrons. The third kappa shape index (κ3) is 27.2. The molecule has 0 spiro atoms. The van der Waals surface area contributed by atoms with E-state index < -0.39 is 29.6 Å². The number of aryl methyl sites for hydroxylation is 8. The number of halogens is 4. The number of hydrogen-bond acceptors (Lipinski definition) is 16. The number of aromatic nitrogens is 8. The quantitative estimate of drug-likeness (QED) is 0.120. The standard InChI is InChI=1S/8C8H8NS.4BFO2/c8*1-9-6-10-8-5-3-2-4-7(8)9;4*2-1(3)4/h8*2-6H,1H3;;;;/q8*+1;4*-2. The summed E-state index contributed by atoms with van der Waals surface area (Å²) in [4.78, 5) is 0. The molecular formula is C64H64B4F4N8O8S8. The summed E-state index contributed by atoms with van der Waals surface area (Å²) in [5, 5.41) is 66.4. The number of fused-ring (bicyclic) bond motifs is 8. The molecule has 0 bridgehead atoms. The topological polar surface area (TPSA) is 216 Å². The van der Waals surface area contributed by atoms with Crippen molar-refractivity contribution in [3.8, 4) is 0 Å². The molecule has 8 aromatic heterocycles. The predicted molar refractivity (Wildman–Crippen MR) is 371 cm³/mol. The molecule has 16 nitrogen and oxygen atoms in total. The molecule has 0 saturated heterocycles. The number of thiazole rings is 8. The first-order chi connectivity index (χ1) is 45.9. The summed E-state index contributed by atoms with van der Waals surface area (Å²) in [6.07, 6.45) is 0. The lowest BCUT2D eigenvalue weighted by Crippen LogP contribution is -2.39. The Hall–Kier alpha value is -7.46. The van der Waals surface area contributed by atoms with Gasteiger partial charge < -0.3 is 57.5 Å². The Kier molecular flexibility index (Phi) is 34.9. The summed E-state index contributed by atoms with van der Waals surface area (Å²) in [7, 11) is 3.88. The van der Waals surface area contributed by atoms with Gasteiger partial charge in [0.1, 0.15) is 124 Å². The van der Waals surface area contributed by atoms with E-state index in [0.29, 0.717) is 0 Å². The first-order valence-electron chi connectivity index (χ1n) is 28.3. The zero-order chi connectivity index (χ0) is 70.1. The highest BCUT2D eigenvalue weighted by Gasteiger charge is 2.09. The van der Waals surface area contributed by atoms with E-state index in [9.17, 15) is 17.3 Å².